The largest absolute Gasteiger partial charge is 0.454 e. The quantitative estimate of drug-likeness (QED) is 0.192. The van der Waals surface area contributed by atoms with Crippen LogP contribution in [-0.2, 0) is 0 Å². The van der Waals surface area contributed by atoms with E-state index in [1.165, 1.54) is 0 Å². The zero-order chi connectivity index (χ0) is 30.2. The molecule has 0 saturated carbocycles. The van der Waals surface area contributed by atoms with Crippen LogP contribution in [0.5, 0.6) is 0 Å². The Labute approximate surface area is 255 Å². The Balaban J connectivity index is 1.43. The van der Waals surface area contributed by atoms with Gasteiger partial charge < -0.3 is 13.6 Å². The van der Waals surface area contributed by atoms with Crippen molar-refractivity contribution in [3.8, 4) is 23.5 Å². The molecule has 45 heavy (non-hydrogen) atoms. The Morgan fingerprint density at radius 2 is 1.40 bits per heavy atom. The van der Waals surface area contributed by atoms with E-state index in [1.54, 1.807) is 18.3 Å². The number of fused-ring (bicyclic) bond motifs is 10. The van der Waals surface area contributed by atoms with E-state index < -0.39 is 0 Å². The molecule has 0 unspecified atom stereocenters. The van der Waals surface area contributed by atoms with Crippen LogP contribution < -0.4 is 0 Å². The maximum atomic E-state index is 10.3. The highest BCUT2D eigenvalue weighted by molar-refractivity contribution is 6.23. The molecule has 4 aromatic heterocycles. The van der Waals surface area contributed by atoms with Crippen molar-refractivity contribution in [2.45, 2.75) is 0 Å². The molecule has 7 heteroatoms. The molecule has 9 rings (SSSR count). The minimum Gasteiger partial charge on any atom is -0.454 e. The molecule has 4 heterocycles. The van der Waals surface area contributed by atoms with E-state index in [4.69, 9.17) is 16.0 Å². The number of rotatable bonds is 2. The normalized spacial score (nSPS) is 11.5. The number of nitrogens with zero attached hydrogens (tertiary/aromatic N) is 6. The zero-order valence-electron chi connectivity index (χ0n) is 23.5. The predicted molar refractivity (Wildman–Crippen MR) is 176 cm³/mol. The molecule has 0 bridgehead atoms. The summed E-state index contributed by atoms with van der Waals surface area (Å²) in [4.78, 5) is 8.35. The Bertz CT molecular complexity index is 2790. The maximum Gasteiger partial charge on any atom is 0.188 e. The summed E-state index contributed by atoms with van der Waals surface area (Å²) in [5.41, 5.74) is 9.09. The molecule has 0 radical (unpaired) electrons. The number of furan rings is 1. The van der Waals surface area contributed by atoms with Crippen LogP contribution in [0.1, 0.15) is 11.1 Å². The third-order valence-corrected chi connectivity index (χ3v) is 8.58. The zero-order valence-corrected chi connectivity index (χ0v) is 23.5. The van der Waals surface area contributed by atoms with E-state index in [9.17, 15) is 10.5 Å². The van der Waals surface area contributed by atoms with Crippen molar-refractivity contribution in [1.29, 1.82) is 10.5 Å². The monoisotopic (exact) mass is 574 g/mol. The molecular weight excluding hydrogens is 556 g/mol. The number of para-hydroxylation sites is 1. The highest BCUT2D eigenvalue weighted by Crippen LogP contribution is 2.41. The van der Waals surface area contributed by atoms with E-state index in [-0.39, 0.29) is 0 Å². The number of aromatic nitrogens is 3. The van der Waals surface area contributed by atoms with E-state index in [0.29, 0.717) is 22.4 Å². The first-order valence-electron chi connectivity index (χ1n) is 14.3. The van der Waals surface area contributed by atoms with Gasteiger partial charge in [-0.3, -0.25) is 4.98 Å². The summed E-state index contributed by atoms with van der Waals surface area (Å²) in [5, 5.41) is 24.7. The van der Waals surface area contributed by atoms with Gasteiger partial charge in [-0.1, -0.05) is 24.3 Å². The predicted octanol–water partition coefficient (Wildman–Crippen LogP) is 9.47. The van der Waals surface area contributed by atoms with Gasteiger partial charge >= 0.3 is 0 Å². The number of benzene rings is 5. The minimum atomic E-state index is 0.497. The topological polar surface area (TPSA) is 87.8 Å². The van der Waals surface area contributed by atoms with Gasteiger partial charge in [-0.05, 0) is 84.2 Å². The fourth-order valence-electron chi connectivity index (χ4n) is 6.75. The molecule has 0 atom stereocenters. The second kappa shape index (κ2) is 9.06. The molecule has 5 aromatic carbocycles. The highest BCUT2D eigenvalue weighted by Gasteiger charge is 2.21. The summed E-state index contributed by atoms with van der Waals surface area (Å²) in [6.07, 6.45) is 1.77. The summed E-state index contributed by atoms with van der Waals surface area (Å²) in [5.74, 6) is 0. The molecule has 0 aliphatic rings. The van der Waals surface area contributed by atoms with Crippen molar-refractivity contribution in [3.05, 3.63) is 132 Å². The lowest BCUT2D eigenvalue weighted by atomic mass is 10.1. The van der Waals surface area contributed by atoms with Gasteiger partial charge in [0, 0.05) is 33.7 Å². The first-order chi connectivity index (χ1) is 22.2. The second-order valence-corrected chi connectivity index (χ2v) is 11.0. The first-order valence-corrected chi connectivity index (χ1v) is 14.3. The van der Waals surface area contributed by atoms with Gasteiger partial charge in [-0.15, -0.1) is 0 Å². The SMILES string of the molecule is [C-]#[N+]c1ccc2c(c1)c1cc(C#N)ccc1n2-c1cc(C#N)cc(-n2c3ccccc3c3ccc4oc5cccnc5c4c32)c1. The van der Waals surface area contributed by atoms with Gasteiger partial charge in [0.25, 0.3) is 0 Å². The van der Waals surface area contributed by atoms with Crippen LogP contribution in [0.15, 0.2) is 114 Å². The number of hydrogen-bond donors (Lipinski definition) is 0. The molecule has 0 spiro atoms. The van der Waals surface area contributed by atoms with Crippen LogP contribution in [-0.4, -0.2) is 14.1 Å². The van der Waals surface area contributed by atoms with Crippen molar-refractivity contribution >= 4 is 71.4 Å². The Hall–Kier alpha value is -6.88. The third-order valence-electron chi connectivity index (χ3n) is 8.58. The fourth-order valence-corrected chi connectivity index (χ4v) is 6.75. The molecule has 0 amide bonds. The molecular formula is C38H18N6O. The molecule has 9 aromatic rings. The number of nitriles is 2. The number of hydrogen-bond acceptors (Lipinski definition) is 4. The van der Waals surface area contributed by atoms with Crippen molar-refractivity contribution in [1.82, 2.24) is 14.1 Å². The van der Waals surface area contributed by atoms with Crippen LogP contribution >= 0.6 is 0 Å². The molecule has 0 aliphatic heterocycles. The lowest BCUT2D eigenvalue weighted by Crippen LogP contribution is -2.00. The van der Waals surface area contributed by atoms with Crippen molar-refractivity contribution in [3.63, 3.8) is 0 Å². The highest BCUT2D eigenvalue weighted by atomic mass is 16.3. The average Bonchev–Trinajstić information content (AvgIpc) is 3.74. The second-order valence-electron chi connectivity index (χ2n) is 11.0. The van der Waals surface area contributed by atoms with Crippen LogP contribution in [0.4, 0.5) is 5.69 Å². The van der Waals surface area contributed by atoms with Crippen molar-refractivity contribution < 1.29 is 4.42 Å². The van der Waals surface area contributed by atoms with Gasteiger partial charge in [-0.2, -0.15) is 10.5 Å². The Morgan fingerprint density at radius 1 is 0.644 bits per heavy atom. The van der Waals surface area contributed by atoms with Gasteiger partial charge in [0.15, 0.2) is 11.3 Å². The van der Waals surface area contributed by atoms with Crippen LogP contribution in [0, 0.1) is 29.2 Å². The Kier molecular flexibility index (Phi) is 4.97. The van der Waals surface area contributed by atoms with Crippen LogP contribution in [0.2, 0.25) is 0 Å². The summed E-state index contributed by atoms with van der Waals surface area (Å²) in [6.45, 7) is 7.58. The fraction of sp³-hybridized carbons (Fsp3) is 0. The standard InChI is InChI=1S/C38H18N6O/c1-41-24-9-12-33-30(18-24)29-17-22(20-39)8-11-32(29)43(33)25-15-23(21-40)16-26(19-25)44-31-6-3-2-5-27(31)28-10-13-34-36(38(28)44)37-35(45-34)7-4-14-42-37/h2-19H. The molecule has 0 N–H and O–H groups in total. The van der Waals surface area contributed by atoms with Crippen LogP contribution in [0.3, 0.4) is 0 Å². The molecule has 206 valence electrons. The molecule has 0 saturated heterocycles. The summed E-state index contributed by atoms with van der Waals surface area (Å²) in [7, 11) is 0. The van der Waals surface area contributed by atoms with Crippen LogP contribution in [0.25, 0.3) is 81.9 Å². The van der Waals surface area contributed by atoms with Crippen molar-refractivity contribution in [2.24, 2.45) is 0 Å². The average molecular weight is 575 g/mol. The maximum absolute atomic E-state index is 10.3. The lowest BCUT2D eigenvalue weighted by Gasteiger charge is -2.14. The molecule has 0 fully saturated rings. The summed E-state index contributed by atoms with van der Waals surface area (Å²) < 4.78 is 10.5. The van der Waals surface area contributed by atoms with Gasteiger partial charge in [0.2, 0.25) is 0 Å². The summed E-state index contributed by atoms with van der Waals surface area (Å²) in [6, 6.07) is 37.8. The van der Waals surface area contributed by atoms with E-state index in [2.05, 4.69) is 50.4 Å². The number of pyridine rings is 1. The van der Waals surface area contributed by atoms with E-state index in [0.717, 1.165) is 71.5 Å². The van der Waals surface area contributed by atoms with E-state index >= 15 is 0 Å². The third kappa shape index (κ3) is 3.40. The van der Waals surface area contributed by atoms with Gasteiger partial charge in [-0.25, -0.2) is 4.85 Å². The van der Waals surface area contributed by atoms with E-state index in [1.807, 2.05) is 66.7 Å². The van der Waals surface area contributed by atoms with Gasteiger partial charge in [0.05, 0.1) is 57.3 Å². The van der Waals surface area contributed by atoms with Gasteiger partial charge in [0.1, 0.15) is 11.1 Å². The smallest absolute Gasteiger partial charge is 0.188 e. The first kappa shape index (κ1) is 24.7. The Morgan fingerprint density at radius 3 is 2.22 bits per heavy atom. The summed E-state index contributed by atoms with van der Waals surface area (Å²) >= 11 is 0. The molecule has 0 aliphatic carbocycles. The minimum absolute atomic E-state index is 0.497. The van der Waals surface area contributed by atoms with Crippen molar-refractivity contribution in [2.75, 3.05) is 0 Å². The molecule has 7 nitrogen and oxygen atoms in total. The lowest BCUT2D eigenvalue weighted by molar-refractivity contribution is 0.668.